The van der Waals surface area contributed by atoms with Crippen molar-refractivity contribution in [1.82, 2.24) is 0 Å². The Morgan fingerprint density at radius 3 is 2.38 bits per heavy atom. The van der Waals surface area contributed by atoms with E-state index in [0.717, 1.165) is 3.91 Å². The molecule has 0 aromatic carbocycles. The van der Waals surface area contributed by atoms with Crippen molar-refractivity contribution in [2.24, 2.45) is 0 Å². The zero-order chi connectivity index (χ0) is 5.98. The molecule has 5 heteroatoms. The molecule has 48 valence electrons. The fourth-order valence-corrected chi connectivity index (χ4v) is 14.3. The van der Waals surface area contributed by atoms with E-state index in [1.165, 1.54) is 0 Å². The molecule has 0 atom stereocenters. The molecule has 1 heterocycles. The highest BCUT2D eigenvalue weighted by Gasteiger charge is 2.29. The molecule has 0 amide bonds. The Bertz CT molecular complexity index is 63.7. The van der Waals surface area contributed by atoms with Gasteiger partial charge in [-0.3, -0.25) is 0 Å². The first-order valence-corrected chi connectivity index (χ1v) is 9.50. The van der Waals surface area contributed by atoms with Gasteiger partial charge in [0.1, 0.15) is 3.91 Å². The third kappa shape index (κ3) is 1.91. The lowest BCUT2D eigenvalue weighted by Crippen LogP contribution is -1.91. The molecule has 1 aliphatic heterocycles. The fourth-order valence-electron chi connectivity index (χ4n) is 0.321. The molecule has 0 aliphatic carbocycles. The van der Waals surface area contributed by atoms with Gasteiger partial charge in [0, 0.05) is 0 Å². The summed E-state index contributed by atoms with van der Waals surface area (Å²) in [5.41, 5.74) is 0.288. The Balaban J connectivity index is 2.03. The van der Waals surface area contributed by atoms with E-state index >= 15 is 0 Å². The summed E-state index contributed by atoms with van der Waals surface area (Å²) in [5.74, 6) is 0. The van der Waals surface area contributed by atoms with Crippen molar-refractivity contribution in [3.05, 3.63) is 0 Å². The predicted octanol–water partition coefficient (Wildman–Crippen LogP) is 3.70. The smallest absolute Gasteiger partial charge is 0.107 e. The molecule has 1 aliphatic rings. The van der Waals surface area contributed by atoms with Gasteiger partial charge in [0.2, 0.25) is 0 Å². The lowest BCUT2D eigenvalue weighted by Gasteiger charge is -2.30. The maximum absolute atomic E-state index is 2.20. The van der Waals surface area contributed by atoms with Crippen LogP contribution in [0.15, 0.2) is 0 Å². The Morgan fingerprint density at radius 2 is 2.00 bits per heavy atom. The Labute approximate surface area is 67.7 Å². The second-order valence-corrected chi connectivity index (χ2v) is 12.9. The minimum Gasteiger partial charge on any atom is -0.139 e. The van der Waals surface area contributed by atoms with Gasteiger partial charge < -0.3 is 0 Å². The molecule has 1 rings (SSSR count). The monoisotopic (exact) mass is 202 g/mol. The summed E-state index contributed by atoms with van der Waals surface area (Å²) in [6.07, 6.45) is 4.37. The maximum atomic E-state index is 2.20. The van der Waals surface area contributed by atoms with E-state index in [9.17, 15) is 0 Å². The van der Waals surface area contributed by atoms with Crippen molar-refractivity contribution >= 4 is 51.4 Å². The largest absolute Gasteiger partial charge is 0.139 e. The van der Waals surface area contributed by atoms with Crippen molar-refractivity contribution in [2.75, 3.05) is 12.5 Å². The van der Waals surface area contributed by atoms with Gasteiger partial charge in [0.05, 0.1) is 5.53 Å². The van der Waals surface area contributed by atoms with Crippen molar-refractivity contribution < 1.29 is 0 Å². The third-order valence-corrected chi connectivity index (χ3v) is 15.1. The number of rotatable bonds is 2. The number of thioether (sulfide) groups is 1. The van der Waals surface area contributed by atoms with E-state index in [-0.39, 0.29) is 5.53 Å². The molecule has 0 bridgehead atoms. The molecule has 1 fully saturated rings. The van der Waals surface area contributed by atoms with Gasteiger partial charge in [-0.2, -0.15) is 0 Å². The molecular formula is C3H7PS4. The van der Waals surface area contributed by atoms with Gasteiger partial charge in [-0.05, 0) is 12.5 Å². The molecule has 0 radical (unpaired) electrons. The van der Waals surface area contributed by atoms with Gasteiger partial charge in [0.15, 0.2) is 0 Å². The minimum absolute atomic E-state index is 0.288. The first kappa shape index (κ1) is 7.93. The Hall–Kier alpha value is 1.83. The van der Waals surface area contributed by atoms with Crippen LogP contribution in [-0.2, 0) is 0 Å². The lowest BCUT2D eigenvalue weighted by molar-refractivity contribution is 2.09. The molecule has 0 saturated carbocycles. The maximum Gasteiger partial charge on any atom is 0.107 e. The van der Waals surface area contributed by atoms with Gasteiger partial charge in [0.25, 0.3) is 0 Å². The summed E-state index contributed by atoms with van der Waals surface area (Å²) in [6, 6.07) is 0. The first-order valence-electron chi connectivity index (χ1n) is 2.07. The summed E-state index contributed by atoms with van der Waals surface area (Å²) >= 11 is 8.22. The van der Waals surface area contributed by atoms with Crippen molar-refractivity contribution in [3.63, 3.8) is 0 Å². The summed E-state index contributed by atoms with van der Waals surface area (Å²) in [7, 11) is 0. The molecule has 0 aromatic rings. The molecule has 0 aromatic heterocycles. The SMILES string of the molecule is CSC1SP(SC)S1. The highest BCUT2D eigenvalue weighted by Crippen LogP contribution is 2.84. The molecule has 0 spiro atoms. The van der Waals surface area contributed by atoms with Crippen molar-refractivity contribution in [3.8, 4) is 0 Å². The molecule has 0 N–H and O–H groups in total. The van der Waals surface area contributed by atoms with Crippen LogP contribution in [0.2, 0.25) is 0 Å². The summed E-state index contributed by atoms with van der Waals surface area (Å²) in [5, 5.41) is 0. The summed E-state index contributed by atoms with van der Waals surface area (Å²) in [6.45, 7) is 0. The average molecular weight is 202 g/mol. The van der Waals surface area contributed by atoms with E-state index in [1.807, 2.05) is 23.1 Å². The second kappa shape index (κ2) is 3.87. The van der Waals surface area contributed by atoms with Gasteiger partial charge in [-0.15, -0.1) is 23.1 Å². The standard InChI is InChI=1S/C3H7PS4/c1-5-3-7-4(6-2)8-3/h3H,1-2H3. The highest BCUT2D eigenvalue weighted by atomic mass is 33.4. The zero-order valence-corrected chi connectivity index (χ0v) is 8.82. The minimum atomic E-state index is 0.288. The summed E-state index contributed by atoms with van der Waals surface area (Å²) < 4.78 is 0.855. The molecule has 0 unspecified atom stereocenters. The number of hydrogen-bond acceptors (Lipinski definition) is 4. The highest BCUT2D eigenvalue weighted by molar-refractivity contribution is 9.20. The fraction of sp³-hybridized carbons (Fsp3) is 1.00. The van der Waals surface area contributed by atoms with Crippen LogP contribution in [0.25, 0.3) is 0 Å². The Kier molecular flexibility index (Phi) is 3.84. The topological polar surface area (TPSA) is 0 Å². The van der Waals surface area contributed by atoms with Crippen LogP contribution in [0.3, 0.4) is 0 Å². The van der Waals surface area contributed by atoms with Crippen LogP contribution in [0.4, 0.5) is 0 Å². The van der Waals surface area contributed by atoms with Crippen LogP contribution < -0.4 is 0 Å². The average Bonchev–Trinajstić information content (AvgIpc) is 1.65. The van der Waals surface area contributed by atoms with Crippen LogP contribution in [0.1, 0.15) is 0 Å². The van der Waals surface area contributed by atoms with E-state index in [0.29, 0.717) is 0 Å². The Morgan fingerprint density at radius 1 is 1.38 bits per heavy atom. The van der Waals surface area contributed by atoms with E-state index in [2.05, 4.69) is 35.3 Å². The zero-order valence-electron chi connectivity index (χ0n) is 4.66. The molecule has 1 saturated heterocycles. The second-order valence-electron chi connectivity index (χ2n) is 1.14. The van der Waals surface area contributed by atoms with Crippen LogP contribution in [-0.4, -0.2) is 16.4 Å². The van der Waals surface area contributed by atoms with Crippen LogP contribution in [0.5, 0.6) is 0 Å². The van der Waals surface area contributed by atoms with Crippen molar-refractivity contribution in [2.45, 2.75) is 3.91 Å². The number of hydrogen-bond donors (Lipinski definition) is 0. The van der Waals surface area contributed by atoms with Gasteiger partial charge >= 0.3 is 0 Å². The van der Waals surface area contributed by atoms with E-state index in [4.69, 9.17) is 0 Å². The normalized spacial score (nSPS) is 36.8. The summed E-state index contributed by atoms with van der Waals surface area (Å²) in [4.78, 5) is 0. The molecule has 0 nitrogen and oxygen atoms in total. The van der Waals surface area contributed by atoms with Crippen LogP contribution >= 0.6 is 51.4 Å². The van der Waals surface area contributed by atoms with E-state index in [1.54, 1.807) is 0 Å². The van der Waals surface area contributed by atoms with Gasteiger partial charge in [-0.1, -0.05) is 22.8 Å². The van der Waals surface area contributed by atoms with Gasteiger partial charge in [-0.25, -0.2) is 0 Å². The lowest BCUT2D eigenvalue weighted by atomic mass is 11.8. The third-order valence-electron chi connectivity index (χ3n) is 0.686. The predicted molar refractivity (Wildman–Crippen MR) is 52.9 cm³/mol. The quantitative estimate of drug-likeness (QED) is 0.626. The van der Waals surface area contributed by atoms with Crippen LogP contribution in [0, 0.1) is 0 Å². The first-order chi connectivity index (χ1) is 3.86. The van der Waals surface area contributed by atoms with Crippen molar-refractivity contribution in [1.29, 1.82) is 0 Å². The molecular weight excluding hydrogens is 195 g/mol. The molecule has 8 heavy (non-hydrogen) atoms. The van der Waals surface area contributed by atoms with E-state index < -0.39 is 0 Å².